The largest absolute Gasteiger partial charge is 0.267 e. The van der Waals surface area contributed by atoms with E-state index in [0.29, 0.717) is 22.0 Å². The van der Waals surface area contributed by atoms with Crippen LogP contribution in [0.4, 0.5) is 10.3 Å². The highest BCUT2D eigenvalue weighted by molar-refractivity contribution is 7.92. The summed E-state index contributed by atoms with van der Waals surface area (Å²) in [5, 5.41) is 4.75. The smallest absolute Gasteiger partial charge is 0.228 e. The summed E-state index contributed by atoms with van der Waals surface area (Å²) in [4.78, 5) is 8.68. The Bertz CT molecular complexity index is 1340. The molecule has 0 aliphatic rings. The topological polar surface area (TPSA) is 80.5 Å². The van der Waals surface area contributed by atoms with E-state index >= 15 is 0 Å². The molecule has 0 N–H and O–H groups in total. The molecule has 154 valence electrons. The molecule has 0 atom stereocenters. The van der Waals surface area contributed by atoms with Crippen molar-refractivity contribution in [2.75, 3.05) is 4.31 Å². The first-order valence-electron chi connectivity index (χ1n) is 8.99. The molecule has 0 amide bonds. The van der Waals surface area contributed by atoms with E-state index in [0.717, 1.165) is 4.31 Å². The number of hydrogen-bond acceptors (Lipinski definition) is 5. The minimum atomic E-state index is -4.03. The fourth-order valence-electron chi connectivity index (χ4n) is 3.03. The van der Waals surface area contributed by atoms with Gasteiger partial charge >= 0.3 is 0 Å². The first-order valence-corrected chi connectivity index (χ1v) is 10.8. The molecule has 30 heavy (non-hydrogen) atoms. The van der Waals surface area contributed by atoms with E-state index in [9.17, 15) is 12.8 Å². The number of aromatic nitrogens is 4. The summed E-state index contributed by atoms with van der Waals surface area (Å²) in [7, 11) is -4.03. The Hall–Kier alpha value is -3.04. The molecule has 10 heteroatoms. The number of halogens is 2. The number of anilines is 1. The number of hydrogen-bond donors (Lipinski definition) is 0. The molecule has 0 bridgehead atoms. The molecule has 0 aliphatic carbocycles. The molecule has 4 rings (SSSR count). The van der Waals surface area contributed by atoms with Gasteiger partial charge in [-0.25, -0.2) is 22.1 Å². The quantitative estimate of drug-likeness (QED) is 0.465. The van der Waals surface area contributed by atoms with E-state index in [1.54, 1.807) is 38.1 Å². The molecule has 0 aliphatic heterocycles. The fraction of sp³-hybridized carbons (Fsp3) is 0.150. The van der Waals surface area contributed by atoms with Crippen LogP contribution in [0.2, 0.25) is 5.02 Å². The number of fused-ring (bicyclic) bond motifs is 1. The van der Waals surface area contributed by atoms with Crippen molar-refractivity contribution in [3.05, 3.63) is 82.4 Å². The molecule has 0 saturated carbocycles. The lowest BCUT2D eigenvalue weighted by atomic mass is 10.2. The maximum atomic E-state index is 13.7. The maximum absolute atomic E-state index is 13.7. The number of aryl methyl sites for hydroxylation is 2. The average Bonchev–Trinajstić information content (AvgIpc) is 3.14. The van der Waals surface area contributed by atoms with Crippen LogP contribution in [-0.4, -0.2) is 28.0 Å². The molecule has 7 nitrogen and oxygen atoms in total. The first kappa shape index (κ1) is 20.2. The number of rotatable bonds is 5. The lowest BCUT2D eigenvalue weighted by Gasteiger charge is -2.21. The lowest BCUT2D eigenvalue weighted by molar-refractivity contribution is 0.588. The van der Waals surface area contributed by atoms with Gasteiger partial charge in [0, 0.05) is 0 Å². The number of sulfonamides is 1. The zero-order chi connectivity index (χ0) is 21.5. The molecular weight excluding hydrogens is 429 g/mol. The van der Waals surface area contributed by atoms with Gasteiger partial charge in [-0.2, -0.15) is 9.50 Å². The molecule has 2 heterocycles. The van der Waals surface area contributed by atoms with Crippen LogP contribution >= 0.6 is 11.6 Å². The van der Waals surface area contributed by atoms with Gasteiger partial charge in [0.1, 0.15) is 5.82 Å². The monoisotopic (exact) mass is 445 g/mol. The predicted molar refractivity (Wildman–Crippen MR) is 111 cm³/mol. The van der Waals surface area contributed by atoms with Crippen LogP contribution in [0.3, 0.4) is 0 Å². The second-order valence-electron chi connectivity index (χ2n) is 6.67. The Morgan fingerprint density at radius 2 is 1.80 bits per heavy atom. The Morgan fingerprint density at radius 3 is 2.50 bits per heavy atom. The van der Waals surface area contributed by atoms with Gasteiger partial charge in [0.15, 0.2) is 0 Å². The molecule has 4 aromatic rings. The van der Waals surface area contributed by atoms with E-state index < -0.39 is 15.8 Å². The minimum Gasteiger partial charge on any atom is -0.228 e. The normalized spacial score (nSPS) is 11.7. The van der Waals surface area contributed by atoms with Crippen molar-refractivity contribution in [1.82, 2.24) is 19.6 Å². The summed E-state index contributed by atoms with van der Waals surface area (Å²) in [5.41, 5.74) is 1.59. The average molecular weight is 446 g/mol. The second kappa shape index (κ2) is 7.66. The third kappa shape index (κ3) is 3.61. The van der Waals surface area contributed by atoms with Gasteiger partial charge in [0.25, 0.3) is 21.7 Å². The van der Waals surface area contributed by atoms with E-state index in [-0.39, 0.29) is 23.2 Å². The number of nitrogens with zero attached hydrogens (tertiary/aromatic N) is 5. The molecule has 2 aromatic heterocycles. The van der Waals surface area contributed by atoms with Crippen molar-refractivity contribution in [3.63, 3.8) is 0 Å². The molecular formula is C20H17ClFN5O2S. The van der Waals surface area contributed by atoms with Crippen molar-refractivity contribution in [1.29, 1.82) is 0 Å². The third-order valence-electron chi connectivity index (χ3n) is 4.57. The molecule has 0 unspecified atom stereocenters. The fourth-order valence-corrected chi connectivity index (χ4v) is 4.52. The first-order chi connectivity index (χ1) is 14.3. The Kier molecular flexibility index (Phi) is 5.17. The van der Waals surface area contributed by atoms with E-state index in [1.165, 1.54) is 34.8 Å². The highest BCUT2D eigenvalue weighted by Crippen LogP contribution is 2.26. The van der Waals surface area contributed by atoms with Crippen molar-refractivity contribution in [2.45, 2.75) is 25.3 Å². The second-order valence-corrected chi connectivity index (χ2v) is 8.92. The van der Waals surface area contributed by atoms with Crippen molar-refractivity contribution in [3.8, 4) is 0 Å². The summed E-state index contributed by atoms with van der Waals surface area (Å²) >= 11 is 6.25. The van der Waals surface area contributed by atoms with E-state index in [2.05, 4.69) is 15.1 Å². The van der Waals surface area contributed by atoms with Crippen LogP contribution in [0.15, 0.2) is 59.5 Å². The van der Waals surface area contributed by atoms with Gasteiger partial charge in [-0.05, 0) is 43.7 Å². The van der Waals surface area contributed by atoms with Crippen LogP contribution in [0.1, 0.15) is 17.0 Å². The lowest BCUT2D eigenvalue weighted by Crippen LogP contribution is -2.31. The predicted octanol–water partition coefficient (Wildman–Crippen LogP) is 3.93. The Morgan fingerprint density at radius 1 is 1.07 bits per heavy atom. The van der Waals surface area contributed by atoms with Gasteiger partial charge in [0.2, 0.25) is 0 Å². The summed E-state index contributed by atoms with van der Waals surface area (Å²) in [6.45, 7) is 3.32. The van der Waals surface area contributed by atoms with E-state index in [4.69, 9.17) is 11.6 Å². The highest BCUT2D eigenvalue weighted by atomic mass is 35.5. The Labute approximate surface area is 177 Å². The SMILES string of the molecule is Cc1nc2nc(N(Cc3cccc(F)c3)S(=O)(=O)c3ccccc3)nn2c(C)c1Cl. The van der Waals surface area contributed by atoms with Gasteiger partial charge in [-0.15, -0.1) is 5.10 Å². The van der Waals surface area contributed by atoms with Gasteiger partial charge < -0.3 is 0 Å². The summed E-state index contributed by atoms with van der Waals surface area (Å²) < 4.78 is 43.0. The Balaban J connectivity index is 1.89. The minimum absolute atomic E-state index is 0.0687. The maximum Gasteiger partial charge on any atom is 0.267 e. The van der Waals surface area contributed by atoms with Crippen LogP contribution in [0.5, 0.6) is 0 Å². The molecule has 0 fully saturated rings. The van der Waals surface area contributed by atoms with E-state index in [1.807, 2.05) is 0 Å². The third-order valence-corrected chi connectivity index (χ3v) is 6.86. The van der Waals surface area contributed by atoms with Crippen LogP contribution < -0.4 is 4.31 Å². The van der Waals surface area contributed by atoms with Crippen LogP contribution in [-0.2, 0) is 16.6 Å². The summed E-state index contributed by atoms with van der Waals surface area (Å²) in [5.74, 6) is -0.329. The molecule has 2 aromatic carbocycles. The van der Waals surface area contributed by atoms with Crippen molar-refractivity contribution < 1.29 is 12.8 Å². The zero-order valence-corrected chi connectivity index (χ0v) is 17.7. The van der Waals surface area contributed by atoms with Crippen molar-refractivity contribution >= 4 is 33.4 Å². The van der Waals surface area contributed by atoms with Crippen LogP contribution in [0.25, 0.3) is 5.78 Å². The van der Waals surface area contributed by atoms with Gasteiger partial charge in [0.05, 0.1) is 27.9 Å². The van der Waals surface area contributed by atoms with Crippen LogP contribution in [0, 0.1) is 19.7 Å². The number of benzene rings is 2. The zero-order valence-electron chi connectivity index (χ0n) is 16.1. The van der Waals surface area contributed by atoms with Gasteiger partial charge in [-0.3, -0.25) is 0 Å². The van der Waals surface area contributed by atoms with Gasteiger partial charge in [-0.1, -0.05) is 41.9 Å². The molecule has 0 saturated heterocycles. The summed E-state index contributed by atoms with van der Waals surface area (Å²) in [6, 6.07) is 13.6. The summed E-state index contributed by atoms with van der Waals surface area (Å²) in [6.07, 6.45) is 0. The molecule has 0 radical (unpaired) electrons. The standard InChI is InChI=1S/C20H17ClFN5O2S/c1-13-18(21)14(2)27-19(23-13)24-20(25-27)26(12-15-7-6-8-16(22)11-15)30(28,29)17-9-4-3-5-10-17/h3-11H,12H2,1-2H3. The highest BCUT2D eigenvalue weighted by Gasteiger charge is 2.29. The van der Waals surface area contributed by atoms with Crippen molar-refractivity contribution in [2.24, 2.45) is 0 Å². The molecule has 0 spiro atoms.